The molecular formula is C22H22F2N4OS2. The van der Waals surface area contributed by atoms with Crippen LogP contribution in [-0.2, 0) is 12.2 Å². The minimum absolute atomic E-state index is 0.130. The van der Waals surface area contributed by atoms with Gasteiger partial charge in [-0.25, -0.2) is 9.97 Å². The maximum atomic E-state index is 13.7. The first-order valence-electron chi connectivity index (χ1n) is 9.87. The largest absolute Gasteiger partial charge is 0.319 e. The lowest BCUT2D eigenvalue weighted by Crippen LogP contribution is -2.22. The fourth-order valence-corrected chi connectivity index (χ4v) is 5.69. The maximum Gasteiger partial charge on any atom is 0.319 e. The lowest BCUT2D eigenvalue weighted by atomic mass is 10.1. The predicted octanol–water partition coefficient (Wildman–Crippen LogP) is 5.82. The molecule has 0 amide bonds. The Morgan fingerprint density at radius 3 is 2.65 bits per heavy atom. The topological polar surface area (TPSA) is 52.7 Å². The van der Waals surface area contributed by atoms with Crippen LogP contribution in [0.5, 0.6) is 0 Å². The van der Waals surface area contributed by atoms with Gasteiger partial charge in [-0.3, -0.25) is 13.9 Å². The first-order valence-corrected chi connectivity index (χ1v) is 11.7. The average molecular weight is 461 g/mol. The SMILES string of the molecule is CCc1c(C)sc2nc(SCc3nccn3C(F)F)n(-c3ccc(C)c(C)c3)c(=O)c12. The first-order chi connectivity index (χ1) is 14.8. The number of imidazole rings is 1. The van der Waals surface area contributed by atoms with Gasteiger partial charge in [0.2, 0.25) is 0 Å². The highest BCUT2D eigenvalue weighted by Crippen LogP contribution is 2.32. The quantitative estimate of drug-likeness (QED) is 0.269. The summed E-state index contributed by atoms with van der Waals surface area (Å²) in [5.74, 6) is 0.406. The number of thioether (sulfide) groups is 1. The summed E-state index contributed by atoms with van der Waals surface area (Å²) < 4.78 is 28.9. The molecule has 3 heterocycles. The molecule has 0 aliphatic carbocycles. The molecule has 0 atom stereocenters. The van der Waals surface area contributed by atoms with Crippen LogP contribution in [0, 0.1) is 20.8 Å². The summed E-state index contributed by atoms with van der Waals surface area (Å²) in [5.41, 5.74) is 3.78. The van der Waals surface area contributed by atoms with E-state index in [1.165, 1.54) is 35.5 Å². The summed E-state index contributed by atoms with van der Waals surface area (Å²) in [4.78, 5) is 24.2. The van der Waals surface area contributed by atoms with Gasteiger partial charge in [0.05, 0.1) is 16.8 Å². The molecule has 4 aromatic rings. The Labute approximate surface area is 186 Å². The van der Waals surface area contributed by atoms with Crippen molar-refractivity contribution in [3.8, 4) is 5.69 Å². The van der Waals surface area contributed by atoms with Gasteiger partial charge in [-0.15, -0.1) is 11.3 Å². The Balaban J connectivity index is 1.89. The second-order valence-electron chi connectivity index (χ2n) is 7.29. The Morgan fingerprint density at radius 1 is 1.19 bits per heavy atom. The molecule has 162 valence electrons. The Morgan fingerprint density at radius 2 is 1.97 bits per heavy atom. The average Bonchev–Trinajstić information content (AvgIpc) is 3.32. The van der Waals surface area contributed by atoms with E-state index in [2.05, 4.69) is 4.98 Å². The number of halogens is 2. The smallest absolute Gasteiger partial charge is 0.277 e. The van der Waals surface area contributed by atoms with Gasteiger partial charge in [0, 0.05) is 17.3 Å². The highest BCUT2D eigenvalue weighted by molar-refractivity contribution is 7.98. The second-order valence-corrected chi connectivity index (χ2v) is 9.44. The minimum atomic E-state index is -2.66. The molecule has 0 spiro atoms. The van der Waals surface area contributed by atoms with E-state index in [-0.39, 0.29) is 17.1 Å². The van der Waals surface area contributed by atoms with Crippen molar-refractivity contribution in [3.05, 3.63) is 68.3 Å². The summed E-state index contributed by atoms with van der Waals surface area (Å²) in [6.45, 7) is 5.37. The lowest BCUT2D eigenvalue weighted by molar-refractivity contribution is 0.0678. The van der Waals surface area contributed by atoms with E-state index in [1.54, 1.807) is 4.57 Å². The summed E-state index contributed by atoms with van der Waals surface area (Å²) in [6, 6.07) is 5.82. The number of benzene rings is 1. The number of aryl methyl sites for hydroxylation is 4. The first kappa shape index (κ1) is 21.7. The Bertz CT molecular complexity index is 1320. The number of alkyl halides is 2. The predicted molar refractivity (Wildman–Crippen MR) is 122 cm³/mol. The third kappa shape index (κ3) is 3.92. The van der Waals surface area contributed by atoms with Crippen molar-refractivity contribution in [3.63, 3.8) is 0 Å². The molecule has 0 radical (unpaired) electrons. The van der Waals surface area contributed by atoms with Crippen LogP contribution in [0.3, 0.4) is 0 Å². The van der Waals surface area contributed by atoms with E-state index in [0.29, 0.717) is 21.1 Å². The molecule has 9 heteroatoms. The fourth-order valence-electron chi connectivity index (χ4n) is 3.58. The highest BCUT2D eigenvalue weighted by Gasteiger charge is 2.20. The molecule has 3 aromatic heterocycles. The Hall–Kier alpha value is -2.52. The van der Waals surface area contributed by atoms with Crippen molar-refractivity contribution in [1.29, 1.82) is 0 Å². The summed E-state index contributed by atoms with van der Waals surface area (Å²) in [7, 11) is 0. The van der Waals surface area contributed by atoms with Crippen LogP contribution in [0.4, 0.5) is 8.78 Å². The standard InChI is InChI=1S/C22H22F2N4OS2/c1-5-16-14(4)31-19-18(16)20(29)28(15-7-6-12(2)13(3)10-15)22(26-19)30-11-17-25-8-9-27(17)21(23)24/h6-10,21H,5,11H2,1-4H3. The molecular weight excluding hydrogens is 438 g/mol. The molecule has 0 bridgehead atoms. The van der Waals surface area contributed by atoms with Crippen LogP contribution >= 0.6 is 23.1 Å². The van der Waals surface area contributed by atoms with E-state index >= 15 is 0 Å². The molecule has 0 N–H and O–H groups in total. The van der Waals surface area contributed by atoms with E-state index in [1.807, 2.05) is 45.9 Å². The number of fused-ring (bicyclic) bond motifs is 1. The molecule has 1 aromatic carbocycles. The number of hydrogen-bond donors (Lipinski definition) is 0. The van der Waals surface area contributed by atoms with Gasteiger partial charge in [0.1, 0.15) is 10.7 Å². The number of rotatable bonds is 6. The Kier molecular flexibility index (Phi) is 5.98. The molecule has 5 nitrogen and oxygen atoms in total. The van der Waals surface area contributed by atoms with Crippen LogP contribution < -0.4 is 5.56 Å². The monoisotopic (exact) mass is 460 g/mol. The van der Waals surface area contributed by atoms with Crippen molar-refractivity contribution in [2.45, 2.75) is 51.6 Å². The number of nitrogens with zero attached hydrogens (tertiary/aromatic N) is 4. The van der Waals surface area contributed by atoms with Crippen LogP contribution in [0.2, 0.25) is 0 Å². The number of aromatic nitrogens is 4. The molecule has 0 unspecified atom stereocenters. The van der Waals surface area contributed by atoms with Gasteiger partial charge in [0.25, 0.3) is 5.56 Å². The minimum Gasteiger partial charge on any atom is -0.277 e. The molecule has 0 saturated heterocycles. The summed E-state index contributed by atoms with van der Waals surface area (Å²) >= 11 is 2.73. The van der Waals surface area contributed by atoms with Crippen molar-refractivity contribution in [2.75, 3.05) is 0 Å². The highest BCUT2D eigenvalue weighted by atomic mass is 32.2. The van der Waals surface area contributed by atoms with Gasteiger partial charge in [-0.2, -0.15) is 8.78 Å². The van der Waals surface area contributed by atoms with E-state index < -0.39 is 6.55 Å². The lowest BCUT2D eigenvalue weighted by Gasteiger charge is -2.14. The van der Waals surface area contributed by atoms with Gasteiger partial charge < -0.3 is 0 Å². The zero-order valence-corrected chi connectivity index (χ0v) is 19.3. The molecule has 31 heavy (non-hydrogen) atoms. The van der Waals surface area contributed by atoms with Crippen LogP contribution in [0.15, 0.2) is 40.5 Å². The zero-order chi connectivity index (χ0) is 22.3. The number of hydrogen-bond acceptors (Lipinski definition) is 5. The van der Waals surface area contributed by atoms with Crippen molar-refractivity contribution in [1.82, 2.24) is 19.1 Å². The van der Waals surface area contributed by atoms with E-state index in [4.69, 9.17) is 4.98 Å². The van der Waals surface area contributed by atoms with Crippen LogP contribution in [0.1, 0.15) is 40.9 Å². The zero-order valence-electron chi connectivity index (χ0n) is 17.6. The fraction of sp³-hybridized carbons (Fsp3) is 0.318. The van der Waals surface area contributed by atoms with Crippen LogP contribution in [0.25, 0.3) is 15.9 Å². The van der Waals surface area contributed by atoms with Crippen LogP contribution in [-0.4, -0.2) is 19.1 Å². The molecule has 4 rings (SSSR count). The van der Waals surface area contributed by atoms with Crippen molar-refractivity contribution < 1.29 is 8.78 Å². The van der Waals surface area contributed by atoms with Crippen molar-refractivity contribution >= 4 is 33.3 Å². The van der Waals surface area contributed by atoms with Gasteiger partial charge in [0.15, 0.2) is 5.16 Å². The third-order valence-corrected chi connectivity index (χ3v) is 7.36. The summed E-state index contributed by atoms with van der Waals surface area (Å²) in [5, 5.41) is 1.11. The van der Waals surface area contributed by atoms with Gasteiger partial charge in [-0.05, 0) is 56.0 Å². The molecule has 0 aliphatic rings. The molecule has 0 saturated carbocycles. The molecule has 0 fully saturated rings. The van der Waals surface area contributed by atoms with Gasteiger partial charge in [-0.1, -0.05) is 24.8 Å². The third-order valence-electron chi connectivity index (χ3n) is 5.39. The van der Waals surface area contributed by atoms with Gasteiger partial charge >= 0.3 is 6.55 Å². The normalized spacial score (nSPS) is 11.7. The summed E-state index contributed by atoms with van der Waals surface area (Å²) in [6.07, 6.45) is 3.35. The van der Waals surface area contributed by atoms with E-state index in [9.17, 15) is 13.6 Å². The maximum absolute atomic E-state index is 13.7. The van der Waals surface area contributed by atoms with Crippen molar-refractivity contribution in [2.24, 2.45) is 0 Å². The number of thiophene rings is 1. The molecule has 0 aliphatic heterocycles. The second kappa shape index (κ2) is 8.55. The van der Waals surface area contributed by atoms with E-state index in [0.717, 1.165) is 32.6 Å².